The average Bonchev–Trinajstić information content (AvgIpc) is 2.40. The maximum Gasteiger partial charge on any atom is 0.347 e. The van der Waals surface area contributed by atoms with E-state index in [1.807, 2.05) is 13.0 Å². The van der Waals surface area contributed by atoms with E-state index in [2.05, 4.69) is 0 Å². The van der Waals surface area contributed by atoms with Crippen molar-refractivity contribution < 1.29 is 18.7 Å². The van der Waals surface area contributed by atoms with Gasteiger partial charge in [0.25, 0.3) is 0 Å². The molecule has 1 aromatic rings. The maximum absolute atomic E-state index is 13.7. The van der Waals surface area contributed by atoms with Gasteiger partial charge in [-0.25, -0.2) is 9.18 Å². The highest BCUT2D eigenvalue weighted by molar-refractivity contribution is 5.75. The smallest absolute Gasteiger partial charge is 0.347 e. The second-order valence-corrected chi connectivity index (χ2v) is 3.90. The van der Waals surface area contributed by atoms with E-state index in [1.165, 1.54) is 12.1 Å². The van der Waals surface area contributed by atoms with Crippen LogP contribution in [0.15, 0.2) is 18.2 Å². The molecule has 0 spiro atoms. The lowest BCUT2D eigenvalue weighted by Gasteiger charge is -2.17. The molecule has 0 aliphatic heterocycles. The van der Waals surface area contributed by atoms with Crippen molar-refractivity contribution >= 4 is 5.97 Å². The summed E-state index contributed by atoms with van der Waals surface area (Å²) < 4.78 is 23.9. The summed E-state index contributed by atoms with van der Waals surface area (Å²) in [6, 6.07) is 5.68. The Morgan fingerprint density at radius 2 is 2.21 bits per heavy atom. The van der Waals surface area contributed by atoms with Gasteiger partial charge in [-0.05, 0) is 31.5 Å². The third-order valence-corrected chi connectivity index (χ3v) is 2.43. The average molecular weight is 265 g/mol. The van der Waals surface area contributed by atoms with Gasteiger partial charge in [-0.15, -0.1) is 0 Å². The van der Waals surface area contributed by atoms with Gasteiger partial charge in [-0.2, -0.15) is 5.26 Å². The summed E-state index contributed by atoms with van der Waals surface area (Å²) >= 11 is 0. The maximum atomic E-state index is 13.7. The molecular weight excluding hydrogens is 249 g/mol. The normalized spacial score (nSPS) is 11.5. The number of nitrogens with zero attached hydrogens (tertiary/aromatic N) is 1. The van der Waals surface area contributed by atoms with Crippen LogP contribution < -0.4 is 4.74 Å². The molecule has 0 heterocycles. The van der Waals surface area contributed by atoms with Crippen molar-refractivity contribution in [3.8, 4) is 11.8 Å². The Morgan fingerprint density at radius 3 is 2.74 bits per heavy atom. The van der Waals surface area contributed by atoms with Crippen LogP contribution in [0.4, 0.5) is 4.39 Å². The van der Waals surface area contributed by atoms with Gasteiger partial charge in [0.05, 0.1) is 18.2 Å². The molecule has 0 fully saturated rings. The topological polar surface area (TPSA) is 59.3 Å². The van der Waals surface area contributed by atoms with Crippen LogP contribution in [0, 0.1) is 17.1 Å². The molecular formula is C14H16FNO3. The molecule has 102 valence electrons. The Bertz CT molecular complexity index is 482. The molecule has 5 heteroatoms. The van der Waals surface area contributed by atoms with Gasteiger partial charge in [-0.3, -0.25) is 0 Å². The second kappa shape index (κ2) is 7.37. The lowest BCUT2D eigenvalue weighted by Crippen LogP contribution is -2.29. The highest BCUT2D eigenvalue weighted by atomic mass is 19.1. The molecule has 4 nitrogen and oxygen atoms in total. The lowest BCUT2D eigenvalue weighted by atomic mass is 10.2. The summed E-state index contributed by atoms with van der Waals surface area (Å²) in [5.74, 6) is -1.22. The first kappa shape index (κ1) is 15.0. The van der Waals surface area contributed by atoms with Crippen molar-refractivity contribution in [2.75, 3.05) is 6.61 Å². The molecule has 0 N–H and O–H groups in total. The summed E-state index contributed by atoms with van der Waals surface area (Å²) in [4.78, 5) is 11.6. The Kier molecular flexibility index (Phi) is 5.80. The zero-order valence-corrected chi connectivity index (χ0v) is 11.0. The number of carbonyl (C=O) groups excluding carboxylic acids is 1. The first-order valence-electron chi connectivity index (χ1n) is 6.15. The highest BCUT2D eigenvalue weighted by Crippen LogP contribution is 2.21. The van der Waals surface area contributed by atoms with Crippen LogP contribution in [0.3, 0.4) is 0 Å². The Morgan fingerprint density at radius 1 is 1.47 bits per heavy atom. The number of hydrogen-bond acceptors (Lipinski definition) is 4. The van der Waals surface area contributed by atoms with Crippen molar-refractivity contribution in [2.24, 2.45) is 0 Å². The first-order valence-corrected chi connectivity index (χ1v) is 6.15. The molecule has 0 bridgehead atoms. The minimum Gasteiger partial charge on any atom is -0.476 e. The van der Waals surface area contributed by atoms with Gasteiger partial charge >= 0.3 is 5.97 Å². The number of nitriles is 1. The largest absolute Gasteiger partial charge is 0.476 e. The van der Waals surface area contributed by atoms with Crippen LogP contribution >= 0.6 is 0 Å². The van der Waals surface area contributed by atoms with E-state index < -0.39 is 17.9 Å². The van der Waals surface area contributed by atoms with E-state index >= 15 is 0 Å². The SMILES string of the molecule is CCCC(Oc1ccc(C#N)cc1F)C(=O)OCC. The summed E-state index contributed by atoms with van der Waals surface area (Å²) in [7, 11) is 0. The Labute approximate surface area is 111 Å². The summed E-state index contributed by atoms with van der Waals surface area (Å²) in [6.07, 6.45) is 0.326. The standard InChI is InChI=1S/C14H16FNO3/c1-3-5-13(14(17)18-4-2)19-12-7-6-10(9-16)8-11(12)15/h6-8,13H,3-5H2,1-2H3. The van der Waals surface area contributed by atoms with Crippen molar-refractivity contribution in [3.63, 3.8) is 0 Å². The lowest BCUT2D eigenvalue weighted by molar-refractivity contribution is -0.151. The van der Waals surface area contributed by atoms with Crippen LogP contribution in [0.2, 0.25) is 0 Å². The quantitative estimate of drug-likeness (QED) is 0.742. The number of hydrogen-bond donors (Lipinski definition) is 0. The molecule has 0 saturated carbocycles. The van der Waals surface area contributed by atoms with E-state index in [9.17, 15) is 9.18 Å². The molecule has 0 aliphatic carbocycles. The van der Waals surface area contributed by atoms with Crippen LogP contribution in [-0.2, 0) is 9.53 Å². The molecule has 1 aromatic carbocycles. The molecule has 0 radical (unpaired) electrons. The Hall–Kier alpha value is -2.09. The molecule has 0 aromatic heterocycles. The molecule has 19 heavy (non-hydrogen) atoms. The number of halogens is 1. The van der Waals surface area contributed by atoms with Crippen molar-refractivity contribution in [3.05, 3.63) is 29.6 Å². The van der Waals surface area contributed by atoms with Crippen molar-refractivity contribution in [1.82, 2.24) is 0 Å². The fraction of sp³-hybridized carbons (Fsp3) is 0.429. The fourth-order valence-electron chi connectivity index (χ4n) is 1.54. The second-order valence-electron chi connectivity index (χ2n) is 3.90. The van der Waals surface area contributed by atoms with E-state index in [4.69, 9.17) is 14.7 Å². The molecule has 1 rings (SSSR count). The van der Waals surface area contributed by atoms with Gasteiger partial charge < -0.3 is 9.47 Å². The number of benzene rings is 1. The number of esters is 1. The van der Waals surface area contributed by atoms with E-state index in [0.29, 0.717) is 12.8 Å². The minimum absolute atomic E-state index is 0.0505. The van der Waals surface area contributed by atoms with Crippen LogP contribution in [0.1, 0.15) is 32.3 Å². The van der Waals surface area contributed by atoms with Crippen LogP contribution in [0.25, 0.3) is 0 Å². The van der Waals surface area contributed by atoms with Crippen LogP contribution in [0.5, 0.6) is 5.75 Å². The Balaban J connectivity index is 2.84. The zero-order valence-electron chi connectivity index (χ0n) is 11.0. The van der Waals surface area contributed by atoms with Gasteiger partial charge in [0.15, 0.2) is 17.7 Å². The summed E-state index contributed by atoms with van der Waals surface area (Å²) in [6.45, 7) is 3.84. The van der Waals surface area contributed by atoms with Gasteiger partial charge in [-0.1, -0.05) is 13.3 Å². The molecule has 1 unspecified atom stereocenters. The summed E-state index contributed by atoms with van der Waals surface area (Å²) in [5, 5.41) is 8.65. The molecule has 0 aliphatic rings. The fourth-order valence-corrected chi connectivity index (χ4v) is 1.54. The van der Waals surface area contributed by atoms with Gasteiger partial charge in [0, 0.05) is 0 Å². The monoisotopic (exact) mass is 265 g/mol. The summed E-state index contributed by atoms with van der Waals surface area (Å²) in [5.41, 5.74) is 0.202. The van der Waals surface area contributed by atoms with Gasteiger partial charge in [0.1, 0.15) is 0 Å². The molecule has 0 saturated heterocycles. The first-order chi connectivity index (χ1) is 9.12. The van der Waals surface area contributed by atoms with E-state index in [1.54, 1.807) is 6.92 Å². The number of ether oxygens (including phenoxy) is 2. The predicted molar refractivity (Wildman–Crippen MR) is 67.1 cm³/mol. The van der Waals surface area contributed by atoms with E-state index in [0.717, 1.165) is 6.07 Å². The van der Waals surface area contributed by atoms with Gasteiger partial charge in [0.2, 0.25) is 0 Å². The molecule has 1 atom stereocenters. The predicted octanol–water partition coefficient (Wildman–Crippen LogP) is 2.81. The molecule has 0 amide bonds. The minimum atomic E-state index is -0.826. The number of carbonyl (C=O) groups is 1. The third-order valence-electron chi connectivity index (χ3n) is 2.43. The van der Waals surface area contributed by atoms with Crippen molar-refractivity contribution in [1.29, 1.82) is 5.26 Å². The number of rotatable bonds is 6. The van der Waals surface area contributed by atoms with E-state index in [-0.39, 0.29) is 17.9 Å². The highest BCUT2D eigenvalue weighted by Gasteiger charge is 2.22. The van der Waals surface area contributed by atoms with Crippen LogP contribution in [-0.4, -0.2) is 18.7 Å². The zero-order chi connectivity index (χ0) is 14.3. The third kappa shape index (κ3) is 4.25. The van der Waals surface area contributed by atoms with Crippen molar-refractivity contribution in [2.45, 2.75) is 32.8 Å².